The molecular weight excluding hydrogens is 226 g/mol. The number of aliphatic hydroxyl groups is 2. The summed E-state index contributed by atoms with van der Waals surface area (Å²) in [5.41, 5.74) is 5.25. The van der Waals surface area contributed by atoms with Gasteiger partial charge in [0.1, 0.15) is 19.3 Å². The first-order valence-electron chi connectivity index (χ1n) is 5.14. The van der Waals surface area contributed by atoms with E-state index in [4.69, 9.17) is 15.2 Å². The molecule has 0 aromatic heterocycles. The molecule has 0 saturated carbocycles. The highest BCUT2D eigenvalue weighted by molar-refractivity contribution is 5.79. The molecule has 0 saturated heterocycles. The van der Waals surface area contributed by atoms with Crippen LogP contribution in [0.4, 0.5) is 0 Å². The van der Waals surface area contributed by atoms with Crippen molar-refractivity contribution in [2.24, 2.45) is 5.73 Å². The van der Waals surface area contributed by atoms with Crippen molar-refractivity contribution >= 4 is 5.91 Å². The molecule has 6 nitrogen and oxygen atoms in total. The highest BCUT2D eigenvalue weighted by Gasteiger charge is 2.25. The van der Waals surface area contributed by atoms with Crippen LogP contribution in [0.15, 0.2) is 18.2 Å². The van der Waals surface area contributed by atoms with Crippen molar-refractivity contribution in [1.29, 1.82) is 0 Å². The van der Waals surface area contributed by atoms with E-state index in [1.165, 1.54) is 6.07 Å². The SMILES string of the molecule is NC(=O)C(O)C(O)c1ccc2c(c1)OCCO2. The summed E-state index contributed by atoms with van der Waals surface area (Å²) in [6, 6.07) is 4.68. The molecule has 1 amide bonds. The molecule has 92 valence electrons. The Morgan fingerprint density at radius 3 is 2.53 bits per heavy atom. The van der Waals surface area contributed by atoms with Crippen molar-refractivity contribution in [3.8, 4) is 11.5 Å². The molecule has 1 heterocycles. The van der Waals surface area contributed by atoms with E-state index in [1.54, 1.807) is 12.1 Å². The zero-order valence-electron chi connectivity index (χ0n) is 9.00. The quantitative estimate of drug-likeness (QED) is 0.649. The van der Waals surface area contributed by atoms with Crippen LogP contribution in [0.1, 0.15) is 11.7 Å². The minimum atomic E-state index is -1.64. The van der Waals surface area contributed by atoms with Gasteiger partial charge in [0.15, 0.2) is 17.6 Å². The second kappa shape index (κ2) is 4.60. The van der Waals surface area contributed by atoms with E-state index in [1.807, 2.05) is 0 Å². The molecule has 17 heavy (non-hydrogen) atoms. The first-order valence-corrected chi connectivity index (χ1v) is 5.14. The summed E-state index contributed by atoms with van der Waals surface area (Å²) in [5.74, 6) is 0.0672. The number of amides is 1. The number of primary amides is 1. The Kier molecular flexibility index (Phi) is 3.16. The molecule has 6 heteroatoms. The number of fused-ring (bicyclic) bond motifs is 1. The van der Waals surface area contributed by atoms with Crippen molar-refractivity contribution in [2.45, 2.75) is 12.2 Å². The summed E-state index contributed by atoms with van der Waals surface area (Å²) < 4.78 is 10.6. The third kappa shape index (κ3) is 2.32. The van der Waals surface area contributed by atoms with Crippen molar-refractivity contribution in [1.82, 2.24) is 0 Å². The minimum Gasteiger partial charge on any atom is -0.486 e. The van der Waals surface area contributed by atoms with Gasteiger partial charge in [-0.05, 0) is 17.7 Å². The van der Waals surface area contributed by atoms with Gasteiger partial charge in [-0.2, -0.15) is 0 Å². The van der Waals surface area contributed by atoms with Gasteiger partial charge in [0, 0.05) is 0 Å². The fourth-order valence-corrected chi connectivity index (χ4v) is 1.58. The number of nitrogens with two attached hydrogens (primary N) is 1. The lowest BCUT2D eigenvalue weighted by molar-refractivity contribution is -0.131. The molecule has 0 spiro atoms. The van der Waals surface area contributed by atoms with Gasteiger partial charge in [-0.3, -0.25) is 4.79 Å². The molecule has 1 aromatic rings. The van der Waals surface area contributed by atoms with Crippen LogP contribution in [0.3, 0.4) is 0 Å². The van der Waals surface area contributed by atoms with Gasteiger partial charge in [0.25, 0.3) is 0 Å². The van der Waals surface area contributed by atoms with Crippen LogP contribution >= 0.6 is 0 Å². The highest BCUT2D eigenvalue weighted by Crippen LogP contribution is 2.33. The maximum atomic E-state index is 10.8. The Hall–Kier alpha value is -1.79. The summed E-state index contributed by atoms with van der Waals surface area (Å²) in [6.07, 6.45) is -3.01. The molecule has 1 aliphatic heterocycles. The molecule has 4 N–H and O–H groups in total. The molecule has 0 fully saturated rings. The van der Waals surface area contributed by atoms with E-state index in [9.17, 15) is 15.0 Å². The first kappa shape index (κ1) is 11.7. The van der Waals surface area contributed by atoms with Gasteiger partial charge in [-0.1, -0.05) is 6.07 Å². The summed E-state index contributed by atoms with van der Waals surface area (Å²) in [4.78, 5) is 10.8. The van der Waals surface area contributed by atoms with Crippen LogP contribution in [-0.4, -0.2) is 35.4 Å². The fraction of sp³-hybridized carbons (Fsp3) is 0.364. The molecule has 1 aromatic carbocycles. The van der Waals surface area contributed by atoms with E-state index in [-0.39, 0.29) is 0 Å². The summed E-state index contributed by atoms with van der Waals surface area (Å²) in [5, 5.41) is 19.1. The third-order valence-electron chi connectivity index (χ3n) is 2.50. The molecule has 2 rings (SSSR count). The maximum Gasteiger partial charge on any atom is 0.249 e. The molecule has 1 aliphatic rings. The first-order chi connectivity index (χ1) is 8.09. The van der Waals surface area contributed by atoms with E-state index >= 15 is 0 Å². The Bertz CT molecular complexity index is 434. The Morgan fingerprint density at radius 2 is 1.88 bits per heavy atom. The summed E-state index contributed by atoms with van der Waals surface area (Å²) >= 11 is 0. The van der Waals surface area contributed by atoms with Crippen molar-refractivity contribution < 1.29 is 24.5 Å². The van der Waals surface area contributed by atoms with Gasteiger partial charge in [0.05, 0.1) is 0 Å². The largest absolute Gasteiger partial charge is 0.486 e. The molecule has 2 unspecified atom stereocenters. The van der Waals surface area contributed by atoms with Crippen LogP contribution in [0.5, 0.6) is 11.5 Å². The normalized spacial score (nSPS) is 17.3. The van der Waals surface area contributed by atoms with E-state index in [2.05, 4.69) is 0 Å². The summed E-state index contributed by atoms with van der Waals surface area (Å²) in [7, 11) is 0. The zero-order valence-corrected chi connectivity index (χ0v) is 9.00. The summed E-state index contributed by atoms with van der Waals surface area (Å²) in [6.45, 7) is 0.893. The lowest BCUT2D eigenvalue weighted by Crippen LogP contribution is -2.33. The lowest BCUT2D eigenvalue weighted by atomic mass is 10.0. The van der Waals surface area contributed by atoms with Crippen molar-refractivity contribution in [2.75, 3.05) is 13.2 Å². The smallest absolute Gasteiger partial charge is 0.249 e. The van der Waals surface area contributed by atoms with Gasteiger partial charge >= 0.3 is 0 Å². The molecule has 0 bridgehead atoms. The van der Waals surface area contributed by atoms with Crippen LogP contribution in [0.2, 0.25) is 0 Å². The topological polar surface area (TPSA) is 102 Å². The fourth-order valence-electron chi connectivity index (χ4n) is 1.58. The van der Waals surface area contributed by atoms with E-state index in [0.29, 0.717) is 30.3 Å². The van der Waals surface area contributed by atoms with Gasteiger partial charge < -0.3 is 25.4 Å². The lowest BCUT2D eigenvalue weighted by Gasteiger charge is -2.21. The number of carbonyl (C=O) groups excluding carboxylic acids is 1. The van der Waals surface area contributed by atoms with Gasteiger partial charge in [-0.15, -0.1) is 0 Å². The molecule has 2 atom stereocenters. The molecule has 0 aliphatic carbocycles. The second-order valence-corrected chi connectivity index (χ2v) is 3.70. The zero-order chi connectivity index (χ0) is 12.4. The average Bonchev–Trinajstić information content (AvgIpc) is 2.36. The van der Waals surface area contributed by atoms with Gasteiger partial charge in [-0.25, -0.2) is 0 Å². The average molecular weight is 239 g/mol. The number of rotatable bonds is 3. The number of hydrogen-bond donors (Lipinski definition) is 3. The Labute approximate surface area is 97.6 Å². The third-order valence-corrected chi connectivity index (χ3v) is 2.50. The monoisotopic (exact) mass is 239 g/mol. The van der Waals surface area contributed by atoms with Crippen molar-refractivity contribution in [3.05, 3.63) is 23.8 Å². The minimum absolute atomic E-state index is 0.348. The Morgan fingerprint density at radius 1 is 1.24 bits per heavy atom. The van der Waals surface area contributed by atoms with Gasteiger partial charge in [0.2, 0.25) is 5.91 Å². The highest BCUT2D eigenvalue weighted by atomic mass is 16.6. The van der Waals surface area contributed by atoms with E-state index < -0.39 is 18.1 Å². The predicted molar refractivity (Wildman–Crippen MR) is 57.6 cm³/mol. The number of aliphatic hydroxyl groups excluding tert-OH is 2. The maximum absolute atomic E-state index is 10.8. The van der Waals surface area contributed by atoms with Crippen LogP contribution in [0, 0.1) is 0 Å². The standard InChI is InChI=1S/C11H13NO5/c12-11(15)10(14)9(13)6-1-2-7-8(5-6)17-4-3-16-7/h1-2,5,9-10,13-14H,3-4H2,(H2,12,15). The second-order valence-electron chi connectivity index (χ2n) is 3.70. The van der Waals surface area contributed by atoms with E-state index in [0.717, 1.165) is 0 Å². The van der Waals surface area contributed by atoms with Crippen molar-refractivity contribution in [3.63, 3.8) is 0 Å². The molecule has 0 radical (unpaired) electrons. The number of hydrogen-bond acceptors (Lipinski definition) is 5. The number of ether oxygens (including phenoxy) is 2. The predicted octanol–water partition coefficient (Wildman–Crippen LogP) is -0.663. The van der Waals surface area contributed by atoms with Crippen LogP contribution < -0.4 is 15.2 Å². The number of benzene rings is 1. The van der Waals surface area contributed by atoms with Crippen LogP contribution in [0.25, 0.3) is 0 Å². The Balaban J connectivity index is 2.24. The molecular formula is C11H13NO5. The number of carbonyl (C=O) groups is 1. The van der Waals surface area contributed by atoms with Crippen LogP contribution in [-0.2, 0) is 4.79 Å².